The third-order valence-corrected chi connectivity index (χ3v) is 3.62. The number of nitrogens with zero attached hydrogens (tertiary/aromatic N) is 4. The topological polar surface area (TPSA) is 94.0 Å². The molecular weight excluding hydrogens is 296 g/mol. The summed E-state index contributed by atoms with van der Waals surface area (Å²) in [5.41, 5.74) is 2.11. The number of nitro benzene ring substituents is 1. The molecule has 0 atom stereocenters. The van der Waals surface area contributed by atoms with Gasteiger partial charge < -0.3 is 4.74 Å². The number of non-ortho nitro benzene ring substituents is 1. The first-order valence-corrected chi connectivity index (χ1v) is 6.78. The summed E-state index contributed by atoms with van der Waals surface area (Å²) in [6, 6.07) is 11.8. The van der Waals surface area contributed by atoms with Crippen LogP contribution in [0.1, 0.15) is 11.3 Å². The zero-order chi connectivity index (χ0) is 16.6. The predicted molar refractivity (Wildman–Crippen MR) is 83.7 cm³/mol. The fourth-order valence-electron chi connectivity index (χ4n) is 2.53. The van der Waals surface area contributed by atoms with E-state index in [1.54, 1.807) is 28.9 Å². The molecule has 1 aromatic heterocycles. The van der Waals surface area contributed by atoms with Crippen molar-refractivity contribution in [1.82, 2.24) is 9.78 Å². The molecule has 0 fully saturated rings. The lowest BCUT2D eigenvalue weighted by Crippen LogP contribution is -2.02. The summed E-state index contributed by atoms with van der Waals surface area (Å²) in [4.78, 5) is 10.6. The third-order valence-electron chi connectivity index (χ3n) is 3.62. The second-order valence-electron chi connectivity index (χ2n) is 4.92. The van der Waals surface area contributed by atoms with Crippen LogP contribution in [-0.4, -0.2) is 21.8 Å². The molecule has 2 aromatic carbocycles. The zero-order valence-corrected chi connectivity index (χ0v) is 12.5. The molecule has 0 unspecified atom stereocenters. The van der Waals surface area contributed by atoms with Crippen molar-refractivity contribution in [3.63, 3.8) is 0 Å². The summed E-state index contributed by atoms with van der Waals surface area (Å²) in [6.07, 6.45) is 0. The van der Waals surface area contributed by atoms with Crippen molar-refractivity contribution in [2.24, 2.45) is 0 Å². The molecule has 0 aliphatic carbocycles. The largest absolute Gasteiger partial charge is 0.495 e. The lowest BCUT2D eigenvalue weighted by Gasteiger charge is -2.09. The Morgan fingerprint density at radius 3 is 2.78 bits per heavy atom. The zero-order valence-electron chi connectivity index (χ0n) is 12.5. The van der Waals surface area contributed by atoms with Crippen LogP contribution in [0, 0.1) is 28.4 Å². The van der Waals surface area contributed by atoms with Crippen LogP contribution in [0.2, 0.25) is 0 Å². The van der Waals surface area contributed by atoms with Crippen molar-refractivity contribution < 1.29 is 9.66 Å². The van der Waals surface area contributed by atoms with Crippen LogP contribution >= 0.6 is 0 Å². The van der Waals surface area contributed by atoms with E-state index in [4.69, 9.17) is 4.74 Å². The highest BCUT2D eigenvalue weighted by atomic mass is 16.6. The normalized spacial score (nSPS) is 10.5. The monoisotopic (exact) mass is 308 g/mol. The summed E-state index contributed by atoms with van der Waals surface area (Å²) in [5.74, 6) is 0.428. The van der Waals surface area contributed by atoms with Crippen LogP contribution < -0.4 is 4.74 Å². The van der Waals surface area contributed by atoms with Crippen LogP contribution in [0.3, 0.4) is 0 Å². The number of hydrogen-bond acceptors (Lipinski definition) is 5. The minimum absolute atomic E-state index is 0.0277. The van der Waals surface area contributed by atoms with Crippen LogP contribution in [0.25, 0.3) is 16.6 Å². The molecule has 0 radical (unpaired) electrons. The molecule has 0 spiro atoms. The molecule has 0 bridgehead atoms. The highest BCUT2D eigenvalue weighted by Crippen LogP contribution is 2.30. The molecule has 1 heterocycles. The minimum Gasteiger partial charge on any atom is -0.495 e. The first-order chi connectivity index (χ1) is 11.1. The van der Waals surface area contributed by atoms with Crippen LogP contribution in [0.15, 0.2) is 36.4 Å². The standard InChI is InChI=1S/C16H12N4O3/c1-10-12-7-6-11(20(21)22)8-15(12)19(18-10)14-4-3-5-16(23-2)13(14)9-17/h3-8H,1-2H3. The molecule has 7 heteroatoms. The van der Waals surface area contributed by atoms with Gasteiger partial charge in [0.15, 0.2) is 0 Å². The summed E-state index contributed by atoms with van der Waals surface area (Å²) >= 11 is 0. The smallest absolute Gasteiger partial charge is 0.271 e. The fourth-order valence-corrected chi connectivity index (χ4v) is 2.53. The highest BCUT2D eigenvalue weighted by molar-refractivity contribution is 5.86. The molecule has 3 rings (SSSR count). The second-order valence-corrected chi connectivity index (χ2v) is 4.92. The lowest BCUT2D eigenvalue weighted by molar-refractivity contribution is -0.384. The number of aryl methyl sites for hydroxylation is 1. The third kappa shape index (κ3) is 2.26. The molecule has 0 saturated carbocycles. The van der Waals surface area contributed by atoms with E-state index in [0.717, 1.165) is 11.1 Å². The maximum Gasteiger partial charge on any atom is 0.271 e. The molecule has 0 N–H and O–H groups in total. The number of ether oxygens (including phenoxy) is 1. The molecule has 3 aromatic rings. The van der Waals surface area contributed by atoms with E-state index in [-0.39, 0.29) is 5.69 Å². The number of aromatic nitrogens is 2. The van der Waals surface area contributed by atoms with E-state index < -0.39 is 4.92 Å². The Labute approximate surface area is 131 Å². The van der Waals surface area contributed by atoms with Crippen LogP contribution in [0.4, 0.5) is 5.69 Å². The summed E-state index contributed by atoms with van der Waals surface area (Å²) < 4.78 is 6.75. The molecule has 114 valence electrons. The second kappa shape index (κ2) is 5.42. The fraction of sp³-hybridized carbons (Fsp3) is 0.125. The quantitative estimate of drug-likeness (QED) is 0.547. The van der Waals surface area contributed by atoms with E-state index in [2.05, 4.69) is 11.2 Å². The Bertz CT molecular complexity index is 969. The van der Waals surface area contributed by atoms with E-state index in [0.29, 0.717) is 22.5 Å². The highest BCUT2D eigenvalue weighted by Gasteiger charge is 2.17. The number of benzene rings is 2. The molecule has 0 amide bonds. The Hall–Kier alpha value is -3.40. The first-order valence-electron chi connectivity index (χ1n) is 6.78. The Balaban J connectivity index is 2.35. The van der Waals surface area contributed by atoms with Crippen molar-refractivity contribution in [3.05, 3.63) is 57.8 Å². The molecule has 0 saturated heterocycles. The average Bonchev–Trinajstić information content (AvgIpc) is 2.90. The number of fused-ring (bicyclic) bond motifs is 1. The number of methoxy groups -OCH3 is 1. The number of nitriles is 1. The van der Waals surface area contributed by atoms with Gasteiger partial charge in [-0.25, -0.2) is 4.68 Å². The van der Waals surface area contributed by atoms with E-state index in [9.17, 15) is 15.4 Å². The molecular formula is C16H12N4O3. The lowest BCUT2D eigenvalue weighted by atomic mass is 10.1. The maximum absolute atomic E-state index is 11.0. The van der Waals surface area contributed by atoms with Gasteiger partial charge in [-0.3, -0.25) is 10.1 Å². The average molecular weight is 308 g/mol. The van der Waals surface area contributed by atoms with Gasteiger partial charge in [-0.2, -0.15) is 10.4 Å². The minimum atomic E-state index is -0.455. The maximum atomic E-state index is 11.0. The number of rotatable bonds is 3. The van der Waals surface area contributed by atoms with E-state index >= 15 is 0 Å². The van der Waals surface area contributed by atoms with E-state index in [1.165, 1.54) is 19.2 Å². The molecule has 23 heavy (non-hydrogen) atoms. The van der Waals surface area contributed by atoms with Gasteiger partial charge in [0.05, 0.1) is 28.9 Å². The van der Waals surface area contributed by atoms with E-state index in [1.807, 2.05) is 6.92 Å². The van der Waals surface area contributed by atoms with Crippen molar-refractivity contribution in [2.45, 2.75) is 6.92 Å². The van der Waals surface area contributed by atoms with Crippen molar-refractivity contribution in [2.75, 3.05) is 7.11 Å². The van der Waals surface area contributed by atoms with Gasteiger partial charge in [-0.05, 0) is 25.1 Å². The SMILES string of the molecule is COc1cccc(-n2nc(C)c3ccc([N+](=O)[O-])cc32)c1C#N. The Morgan fingerprint density at radius 2 is 2.13 bits per heavy atom. The summed E-state index contributed by atoms with van der Waals surface area (Å²) in [6.45, 7) is 1.82. The summed E-state index contributed by atoms with van der Waals surface area (Å²) in [7, 11) is 1.48. The van der Waals surface area contributed by atoms with Gasteiger partial charge >= 0.3 is 0 Å². The first kappa shape index (κ1) is 14.5. The molecule has 7 nitrogen and oxygen atoms in total. The van der Waals surface area contributed by atoms with Gasteiger partial charge in [0.25, 0.3) is 5.69 Å². The van der Waals surface area contributed by atoms with Gasteiger partial charge in [0.1, 0.15) is 17.4 Å². The summed E-state index contributed by atoms with van der Waals surface area (Å²) in [5, 5.41) is 25.7. The van der Waals surface area contributed by atoms with Gasteiger partial charge in [-0.1, -0.05) is 6.07 Å². The van der Waals surface area contributed by atoms with Crippen LogP contribution in [0.5, 0.6) is 5.75 Å². The molecule has 0 aliphatic rings. The van der Waals surface area contributed by atoms with Crippen molar-refractivity contribution >= 4 is 16.6 Å². The number of nitro groups is 1. The van der Waals surface area contributed by atoms with Crippen molar-refractivity contribution in [3.8, 4) is 17.5 Å². The number of hydrogen-bond donors (Lipinski definition) is 0. The predicted octanol–water partition coefficient (Wildman–Crippen LogP) is 3.12. The van der Waals surface area contributed by atoms with Gasteiger partial charge in [0, 0.05) is 17.5 Å². The van der Waals surface area contributed by atoms with Gasteiger partial charge in [-0.15, -0.1) is 0 Å². The molecule has 0 aliphatic heterocycles. The van der Waals surface area contributed by atoms with Crippen LogP contribution in [-0.2, 0) is 0 Å². The Morgan fingerprint density at radius 1 is 1.35 bits per heavy atom. The Kier molecular flexibility index (Phi) is 3.43. The van der Waals surface area contributed by atoms with Crippen molar-refractivity contribution in [1.29, 1.82) is 5.26 Å². The van der Waals surface area contributed by atoms with Gasteiger partial charge in [0.2, 0.25) is 0 Å².